The number of alkyl halides is 2. The quantitative estimate of drug-likeness (QED) is 0.114. The zero-order chi connectivity index (χ0) is 48.2. The minimum Gasteiger partial charge on any atom is -0.339 e. The van der Waals surface area contributed by atoms with Gasteiger partial charge in [0.2, 0.25) is 11.8 Å². The van der Waals surface area contributed by atoms with Crippen LogP contribution in [0.15, 0.2) is 54.6 Å². The Morgan fingerprint density at radius 1 is 0.894 bits per heavy atom. The molecule has 3 amide bonds. The van der Waals surface area contributed by atoms with Crippen LogP contribution in [0.2, 0.25) is 0 Å². The molecule has 13 nitrogen and oxygen atoms in total. The van der Waals surface area contributed by atoms with Crippen molar-refractivity contribution in [3.8, 4) is 6.07 Å². The Bertz CT molecular complexity index is 2330. The molecule has 0 unspecified atom stereocenters. The van der Waals surface area contributed by atoms with Crippen LogP contribution in [0.4, 0.5) is 8.78 Å². The monoisotopic (exact) mass is 987 g/mol. The standard InChI is InChI=1S/C47H60F2N5O8PS3/c1-8-52-19-18-34-15-16-37(42(57)53-27-32(26-50)35(28-53)30-12-10-9-11-13-30)54(34)41(56)36(29-52)51-40(55)39-25-31-24-33(14-17-38(31)66-39)47(48,49)63(60,61-20-22-64-43(58)45(2,3)4)62-21-23-65-44(59)46(5,6)7/h9-14,17,24-25,32,34-37H,8,15-16,18-23,27-29H2,1-7H3,(H,51,55)/t32-,34-,35+,36+,37+/m1/s1. The molecular formula is C47H60F2N5O8PS3. The van der Waals surface area contributed by atoms with Crippen LogP contribution in [0.25, 0.3) is 10.1 Å². The largest absolute Gasteiger partial charge is 0.404 e. The molecule has 3 fully saturated rings. The van der Waals surface area contributed by atoms with Crippen LogP contribution in [-0.2, 0) is 38.5 Å². The number of benzene rings is 2. The number of carbonyl (C=O) groups is 5. The van der Waals surface area contributed by atoms with Gasteiger partial charge < -0.3 is 29.1 Å². The summed E-state index contributed by atoms with van der Waals surface area (Å²) in [6, 6.07) is 15.1. The van der Waals surface area contributed by atoms with Gasteiger partial charge in [-0.05, 0) is 55.0 Å². The van der Waals surface area contributed by atoms with E-state index in [0.29, 0.717) is 43.6 Å². The summed E-state index contributed by atoms with van der Waals surface area (Å²) in [5, 5.41) is 12.8. The fourth-order valence-electron chi connectivity index (χ4n) is 8.39. The number of nitrogens with zero attached hydrogens (tertiary/aromatic N) is 4. The Hall–Kier alpha value is -3.69. The van der Waals surface area contributed by atoms with Crippen LogP contribution < -0.4 is 5.32 Å². The first-order chi connectivity index (χ1) is 31.1. The minimum absolute atomic E-state index is 0.0515. The van der Waals surface area contributed by atoms with E-state index in [9.17, 15) is 33.8 Å². The van der Waals surface area contributed by atoms with E-state index in [2.05, 4.69) is 16.3 Å². The first-order valence-electron chi connectivity index (χ1n) is 22.3. The number of thiophene rings is 1. The number of thioether (sulfide) groups is 2. The van der Waals surface area contributed by atoms with Crippen molar-refractivity contribution in [2.45, 2.75) is 97.4 Å². The maximum atomic E-state index is 16.5. The smallest absolute Gasteiger partial charge is 0.339 e. The van der Waals surface area contributed by atoms with Gasteiger partial charge in [0.25, 0.3) is 5.91 Å². The number of hydrogen-bond acceptors (Lipinski definition) is 13. The summed E-state index contributed by atoms with van der Waals surface area (Å²) < 4.78 is 58.4. The predicted molar refractivity (Wildman–Crippen MR) is 256 cm³/mol. The molecule has 4 heterocycles. The number of halogens is 2. The molecule has 5 atom stereocenters. The third-order valence-electron chi connectivity index (χ3n) is 12.1. The Kier molecular flexibility index (Phi) is 16.7. The maximum Gasteiger partial charge on any atom is 0.404 e. The highest BCUT2D eigenvalue weighted by Gasteiger charge is 2.55. The lowest BCUT2D eigenvalue weighted by Crippen LogP contribution is -2.60. The van der Waals surface area contributed by atoms with E-state index in [-0.39, 0.29) is 68.9 Å². The topological polar surface area (TPSA) is 166 Å². The molecule has 3 aliphatic heterocycles. The number of nitriles is 1. The van der Waals surface area contributed by atoms with E-state index >= 15 is 8.78 Å². The molecule has 358 valence electrons. The van der Waals surface area contributed by atoms with Crippen molar-refractivity contribution in [1.29, 1.82) is 5.26 Å². The Morgan fingerprint density at radius 3 is 2.12 bits per heavy atom. The molecule has 0 bridgehead atoms. The van der Waals surface area contributed by atoms with Gasteiger partial charge in [-0.3, -0.25) is 28.5 Å². The molecular weight excluding hydrogens is 928 g/mol. The van der Waals surface area contributed by atoms with Crippen molar-refractivity contribution < 1.29 is 46.4 Å². The van der Waals surface area contributed by atoms with E-state index in [0.717, 1.165) is 52.6 Å². The second kappa shape index (κ2) is 21.3. The van der Waals surface area contributed by atoms with Gasteiger partial charge in [0.05, 0.1) is 30.1 Å². The Morgan fingerprint density at radius 2 is 1.53 bits per heavy atom. The van der Waals surface area contributed by atoms with Crippen LogP contribution in [0.5, 0.6) is 0 Å². The zero-order valence-electron chi connectivity index (χ0n) is 38.6. The summed E-state index contributed by atoms with van der Waals surface area (Å²) in [4.78, 5) is 73.5. The van der Waals surface area contributed by atoms with Gasteiger partial charge in [0.1, 0.15) is 12.1 Å². The van der Waals surface area contributed by atoms with Gasteiger partial charge in [0.15, 0.2) is 10.2 Å². The van der Waals surface area contributed by atoms with Crippen molar-refractivity contribution in [3.63, 3.8) is 0 Å². The van der Waals surface area contributed by atoms with E-state index in [1.807, 2.05) is 37.3 Å². The molecule has 66 heavy (non-hydrogen) atoms. The minimum atomic E-state index is -5.28. The van der Waals surface area contributed by atoms with Crippen LogP contribution >= 0.6 is 42.5 Å². The normalized spacial score (nSPS) is 22.2. The summed E-state index contributed by atoms with van der Waals surface area (Å²) >= 11 is 2.79. The summed E-state index contributed by atoms with van der Waals surface area (Å²) in [6.07, 6.45) is 1.75. The van der Waals surface area contributed by atoms with E-state index in [1.165, 1.54) is 12.1 Å². The van der Waals surface area contributed by atoms with Crippen molar-refractivity contribution >= 4 is 80.5 Å². The summed E-state index contributed by atoms with van der Waals surface area (Å²) in [5.41, 5.74) is -5.26. The summed E-state index contributed by atoms with van der Waals surface area (Å²) in [7, 11) is -5.28. The van der Waals surface area contributed by atoms with Crippen molar-refractivity contribution in [2.75, 3.05) is 57.4 Å². The van der Waals surface area contributed by atoms with Crippen molar-refractivity contribution in [3.05, 3.63) is 70.6 Å². The van der Waals surface area contributed by atoms with E-state index in [1.54, 1.807) is 51.3 Å². The number of likely N-dealkylation sites (tertiary alicyclic amines) is 1. The highest BCUT2D eigenvalue weighted by atomic mass is 32.2. The molecule has 3 aromatic rings. The molecule has 0 radical (unpaired) electrons. The average Bonchev–Trinajstić information content (AvgIpc) is 4.03. The number of likely N-dealkylation sites (N-methyl/N-ethyl adjacent to an activating group) is 1. The molecule has 1 aromatic heterocycles. The van der Waals surface area contributed by atoms with Crippen LogP contribution in [-0.4, -0.2) is 118 Å². The van der Waals surface area contributed by atoms with E-state index in [4.69, 9.17) is 9.05 Å². The van der Waals surface area contributed by atoms with Gasteiger partial charge in [-0.25, -0.2) is 0 Å². The lowest BCUT2D eigenvalue weighted by molar-refractivity contribution is -0.147. The fourth-order valence-corrected chi connectivity index (χ4v) is 12.7. The first kappa shape index (κ1) is 51.7. The summed E-state index contributed by atoms with van der Waals surface area (Å²) in [6.45, 7) is 13.4. The maximum absolute atomic E-state index is 16.5. The molecule has 0 saturated carbocycles. The van der Waals surface area contributed by atoms with Gasteiger partial charge in [-0.1, -0.05) is 108 Å². The van der Waals surface area contributed by atoms with Crippen LogP contribution in [0.3, 0.4) is 0 Å². The van der Waals surface area contributed by atoms with Crippen molar-refractivity contribution in [2.24, 2.45) is 16.7 Å². The van der Waals surface area contributed by atoms with Gasteiger partial charge in [-0.15, -0.1) is 11.3 Å². The fraction of sp³-hybridized carbons (Fsp3) is 0.574. The molecule has 19 heteroatoms. The molecule has 0 aliphatic carbocycles. The first-order valence-corrected chi connectivity index (χ1v) is 26.6. The summed E-state index contributed by atoms with van der Waals surface area (Å²) in [5.74, 6) is -1.82. The second-order valence-electron chi connectivity index (χ2n) is 19.0. The Labute approximate surface area is 398 Å². The van der Waals surface area contributed by atoms with Gasteiger partial charge >= 0.3 is 13.3 Å². The van der Waals surface area contributed by atoms with Crippen molar-refractivity contribution in [1.82, 2.24) is 20.0 Å². The number of amides is 3. The molecule has 1 N–H and O–H groups in total. The molecule has 2 aromatic carbocycles. The highest BCUT2D eigenvalue weighted by Crippen LogP contribution is 2.67. The third kappa shape index (κ3) is 11.8. The highest BCUT2D eigenvalue weighted by molar-refractivity contribution is 8.14. The zero-order valence-corrected chi connectivity index (χ0v) is 41.9. The lowest BCUT2D eigenvalue weighted by atomic mass is 9.90. The molecule has 0 spiro atoms. The predicted octanol–water partition coefficient (Wildman–Crippen LogP) is 8.74. The van der Waals surface area contributed by atoms with Gasteiger partial charge in [-0.2, -0.15) is 14.0 Å². The number of hydrogen-bond donors (Lipinski definition) is 1. The molecule has 6 rings (SSSR count). The SMILES string of the molecule is CCN1CC[C@H]2CC[C@@H](C(=O)N3C[C@@H](C#N)[C@H](c4ccccc4)C3)N2C(=O)[C@@H](NC(=O)c2cc3cc(C(F)(F)P(=O)(OCCSC(=O)C(C)(C)C)OCCSC(=O)C(C)(C)C)ccc3s2)C1. The second-order valence-corrected chi connectivity index (χ2v) is 24.3. The molecule has 3 aliphatic rings. The number of fused-ring (bicyclic) bond motifs is 2. The number of rotatable bonds is 15. The lowest BCUT2D eigenvalue weighted by Gasteiger charge is -2.39. The van der Waals surface area contributed by atoms with Crippen LogP contribution in [0.1, 0.15) is 94.4 Å². The van der Waals surface area contributed by atoms with E-state index < -0.39 is 66.8 Å². The molecule has 3 saturated heterocycles. The number of nitrogens with one attached hydrogen (secondary N) is 1. The van der Waals surface area contributed by atoms with Gasteiger partial charge in [0, 0.05) is 70.7 Å². The third-order valence-corrected chi connectivity index (χ3v) is 17.7. The Balaban J connectivity index is 1.19. The number of carbonyl (C=O) groups excluding carboxylic acids is 5. The average molecular weight is 988 g/mol. The van der Waals surface area contributed by atoms with Crippen LogP contribution in [0, 0.1) is 28.1 Å².